The van der Waals surface area contributed by atoms with Crippen molar-refractivity contribution < 1.29 is 24.5 Å². The molecule has 0 aliphatic heterocycles. The Morgan fingerprint density at radius 1 is 0.373 bits per heavy atom. The van der Waals surface area contributed by atoms with Crippen LogP contribution in [0.25, 0.3) is 0 Å². The van der Waals surface area contributed by atoms with Crippen LogP contribution in [-0.2, 0) is 14.3 Å². The van der Waals surface area contributed by atoms with Crippen molar-refractivity contribution in [1.29, 1.82) is 0 Å². The van der Waals surface area contributed by atoms with E-state index in [4.69, 9.17) is 4.74 Å². The van der Waals surface area contributed by atoms with Crippen molar-refractivity contribution in [3.05, 3.63) is 48.6 Å². The first-order valence-electron chi connectivity index (χ1n) is 33.4. The number of aliphatic hydroxyl groups excluding tert-OH is 2. The minimum absolute atomic E-state index is 0.00110. The number of nitrogens with one attached hydrogen (secondary N) is 1. The van der Waals surface area contributed by atoms with Gasteiger partial charge in [0.1, 0.15) is 0 Å². The zero-order valence-electron chi connectivity index (χ0n) is 50.3. The number of esters is 1. The average molecular weight is 1050 g/mol. The van der Waals surface area contributed by atoms with Crippen LogP contribution in [0.15, 0.2) is 48.6 Å². The van der Waals surface area contributed by atoms with E-state index in [-0.39, 0.29) is 18.5 Å². The van der Waals surface area contributed by atoms with E-state index in [1.54, 1.807) is 0 Å². The molecule has 2 atom stereocenters. The molecular weight excluding hydrogens is 923 g/mol. The molecule has 0 rings (SSSR count). The Hall–Kier alpha value is -2.18. The second-order valence-corrected chi connectivity index (χ2v) is 22.8. The third-order valence-electron chi connectivity index (χ3n) is 15.3. The van der Waals surface area contributed by atoms with Gasteiger partial charge in [-0.3, -0.25) is 9.59 Å². The number of rotatable bonds is 62. The predicted molar refractivity (Wildman–Crippen MR) is 329 cm³/mol. The van der Waals surface area contributed by atoms with Crippen LogP contribution in [0.1, 0.15) is 354 Å². The van der Waals surface area contributed by atoms with Crippen LogP contribution in [-0.4, -0.2) is 47.4 Å². The molecule has 0 aliphatic carbocycles. The lowest BCUT2D eigenvalue weighted by atomic mass is 10.0. The van der Waals surface area contributed by atoms with Crippen molar-refractivity contribution in [2.45, 2.75) is 366 Å². The summed E-state index contributed by atoms with van der Waals surface area (Å²) < 4.78 is 5.47. The van der Waals surface area contributed by atoms with Crippen LogP contribution >= 0.6 is 0 Å². The fraction of sp³-hybridized carbons (Fsp3) is 0.855. The molecule has 0 aliphatic rings. The molecule has 0 saturated heterocycles. The normalized spacial score (nSPS) is 12.9. The summed E-state index contributed by atoms with van der Waals surface area (Å²) in [6.45, 7) is 4.88. The first-order chi connectivity index (χ1) is 37.0. The van der Waals surface area contributed by atoms with Gasteiger partial charge in [0.15, 0.2) is 0 Å². The van der Waals surface area contributed by atoms with Gasteiger partial charge in [0, 0.05) is 12.8 Å². The van der Waals surface area contributed by atoms with Crippen molar-refractivity contribution in [3.63, 3.8) is 0 Å². The number of carbonyl (C=O) groups excluding carboxylic acids is 2. The molecule has 0 heterocycles. The smallest absolute Gasteiger partial charge is 0.305 e. The lowest BCUT2D eigenvalue weighted by Crippen LogP contribution is -2.45. The van der Waals surface area contributed by atoms with E-state index in [2.05, 4.69) is 67.8 Å². The van der Waals surface area contributed by atoms with Gasteiger partial charge in [-0.05, 0) is 83.5 Å². The molecule has 3 N–H and O–H groups in total. The van der Waals surface area contributed by atoms with Gasteiger partial charge in [-0.2, -0.15) is 0 Å². The van der Waals surface area contributed by atoms with Crippen molar-refractivity contribution >= 4 is 11.9 Å². The summed E-state index contributed by atoms with van der Waals surface area (Å²) in [5.41, 5.74) is 0. The van der Waals surface area contributed by atoms with Crippen LogP contribution in [0.5, 0.6) is 0 Å². The minimum Gasteiger partial charge on any atom is -0.466 e. The standard InChI is InChI=1S/C69H129NO5/c1-3-5-7-9-11-13-15-39-43-47-51-55-59-63-69(74)75-64-60-56-52-48-44-41-38-36-34-32-30-28-26-24-22-20-18-16-17-19-21-23-25-27-29-31-33-35-37-40-42-46-50-54-58-62-68(73)70-66(65-71)67(72)61-57-53-49-45-14-12-10-8-6-4-2/h7,9,13,15,18,20,24,26,66-67,71-72H,3-6,8,10-12,14,16-17,19,21-23,25,27-65H2,1-2H3,(H,70,73)/b9-7-,15-13-,20-18-,26-24-. The molecule has 1 amide bonds. The number of aliphatic hydroxyl groups is 2. The second kappa shape index (κ2) is 64.3. The van der Waals surface area contributed by atoms with Gasteiger partial charge >= 0.3 is 5.97 Å². The fourth-order valence-electron chi connectivity index (χ4n) is 10.2. The molecular formula is C69H129NO5. The lowest BCUT2D eigenvalue weighted by molar-refractivity contribution is -0.143. The maximum absolute atomic E-state index is 12.4. The molecule has 0 fully saturated rings. The minimum atomic E-state index is -0.661. The number of amides is 1. The van der Waals surface area contributed by atoms with Crippen LogP contribution in [0.2, 0.25) is 0 Å². The van der Waals surface area contributed by atoms with Crippen LogP contribution in [0.3, 0.4) is 0 Å². The van der Waals surface area contributed by atoms with Gasteiger partial charge in [-0.25, -0.2) is 0 Å². The Morgan fingerprint density at radius 2 is 0.693 bits per heavy atom. The second-order valence-electron chi connectivity index (χ2n) is 22.8. The number of ether oxygens (including phenoxy) is 1. The Labute approximate surface area is 467 Å². The zero-order valence-corrected chi connectivity index (χ0v) is 50.3. The molecule has 0 radical (unpaired) electrons. The quantitative estimate of drug-likeness (QED) is 0.0320. The van der Waals surface area contributed by atoms with Crippen LogP contribution in [0, 0.1) is 0 Å². The summed E-state index contributed by atoms with van der Waals surface area (Å²) in [5.74, 6) is -0.0324. The van der Waals surface area contributed by atoms with Crippen molar-refractivity contribution in [2.75, 3.05) is 13.2 Å². The van der Waals surface area contributed by atoms with Gasteiger partial charge in [-0.1, -0.05) is 306 Å². The Morgan fingerprint density at radius 3 is 1.07 bits per heavy atom. The Balaban J connectivity index is 3.35. The van der Waals surface area contributed by atoms with E-state index in [1.807, 2.05) is 0 Å². The highest BCUT2D eigenvalue weighted by molar-refractivity contribution is 5.76. The summed E-state index contributed by atoms with van der Waals surface area (Å²) in [4.78, 5) is 24.5. The first kappa shape index (κ1) is 72.8. The van der Waals surface area contributed by atoms with Crippen molar-refractivity contribution in [1.82, 2.24) is 5.32 Å². The Kier molecular flexibility index (Phi) is 62.5. The van der Waals surface area contributed by atoms with E-state index < -0.39 is 12.1 Å². The number of allylic oxidation sites excluding steroid dienone is 8. The molecule has 0 bridgehead atoms. The van der Waals surface area contributed by atoms with Crippen molar-refractivity contribution in [3.8, 4) is 0 Å². The number of hydrogen-bond donors (Lipinski definition) is 3. The maximum Gasteiger partial charge on any atom is 0.305 e. The van der Waals surface area contributed by atoms with E-state index in [9.17, 15) is 19.8 Å². The molecule has 440 valence electrons. The summed E-state index contributed by atoms with van der Waals surface area (Å²) in [6.07, 6.45) is 83.1. The van der Waals surface area contributed by atoms with Gasteiger partial charge in [-0.15, -0.1) is 0 Å². The van der Waals surface area contributed by atoms with E-state index in [1.165, 1.54) is 263 Å². The third kappa shape index (κ3) is 60.9. The lowest BCUT2D eigenvalue weighted by Gasteiger charge is -2.22. The number of carbonyl (C=O) groups is 2. The predicted octanol–water partition coefficient (Wildman–Crippen LogP) is 21.3. The van der Waals surface area contributed by atoms with E-state index in [0.29, 0.717) is 25.9 Å². The van der Waals surface area contributed by atoms with Gasteiger partial charge in [0.2, 0.25) is 5.91 Å². The molecule has 2 unspecified atom stereocenters. The van der Waals surface area contributed by atoms with Crippen LogP contribution < -0.4 is 5.32 Å². The van der Waals surface area contributed by atoms with E-state index in [0.717, 1.165) is 57.8 Å². The molecule has 6 heteroatoms. The third-order valence-corrected chi connectivity index (χ3v) is 15.3. The molecule has 6 nitrogen and oxygen atoms in total. The highest BCUT2D eigenvalue weighted by atomic mass is 16.5. The summed E-state index contributed by atoms with van der Waals surface area (Å²) in [7, 11) is 0. The first-order valence-corrected chi connectivity index (χ1v) is 33.4. The molecule has 0 aromatic rings. The molecule has 75 heavy (non-hydrogen) atoms. The largest absolute Gasteiger partial charge is 0.466 e. The summed E-state index contributed by atoms with van der Waals surface area (Å²) in [5, 5.41) is 23.2. The number of unbranched alkanes of at least 4 members (excludes halogenated alkanes) is 43. The molecule has 0 aromatic heterocycles. The number of hydrogen-bond acceptors (Lipinski definition) is 5. The average Bonchev–Trinajstić information content (AvgIpc) is 3.41. The highest BCUT2D eigenvalue weighted by Gasteiger charge is 2.20. The van der Waals surface area contributed by atoms with Crippen molar-refractivity contribution in [2.24, 2.45) is 0 Å². The monoisotopic (exact) mass is 1050 g/mol. The summed E-state index contributed by atoms with van der Waals surface area (Å²) in [6, 6.07) is -0.538. The van der Waals surface area contributed by atoms with Gasteiger partial charge in [0.05, 0.1) is 25.4 Å². The van der Waals surface area contributed by atoms with E-state index >= 15 is 0 Å². The molecule has 0 aromatic carbocycles. The fourth-order valence-corrected chi connectivity index (χ4v) is 10.2. The SMILES string of the molecule is CCC/C=C\C/C=C\CCCCCCCC(=O)OCCCCCCCCCCCCC/C=C\C/C=C\CCCCCCCCCCCCCCCCCCCC(=O)NC(CO)C(O)CCCCCCCCCCCC. The topological polar surface area (TPSA) is 95.9 Å². The Bertz CT molecular complexity index is 1260. The maximum atomic E-state index is 12.4. The molecule has 0 saturated carbocycles. The van der Waals surface area contributed by atoms with Crippen LogP contribution in [0.4, 0.5) is 0 Å². The zero-order chi connectivity index (χ0) is 54.3. The van der Waals surface area contributed by atoms with Gasteiger partial charge in [0.25, 0.3) is 0 Å². The summed E-state index contributed by atoms with van der Waals surface area (Å²) >= 11 is 0. The highest BCUT2D eigenvalue weighted by Crippen LogP contribution is 2.18. The molecule has 0 spiro atoms. The van der Waals surface area contributed by atoms with Gasteiger partial charge < -0.3 is 20.3 Å².